The number of hydrogen-bond donors (Lipinski definition) is 5. The Kier molecular flexibility index (Phi) is 13.0. The van der Waals surface area contributed by atoms with E-state index in [1.165, 1.54) is 0 Å². The summed E-state index contributed by atoms with van der Waals surface area (Å²) in [5.74, 6) is -1.72. The van der Waals surface area contributed by atoms with Gasteiger partial charge in [-0.05, 0) is 80.0 Å². The Morgan fingerprint density at radius 2 is 1.69 bits per heavy atom. The summed E-state index contributed by atoms with van der Waals surface area (Å²) < 4.78 is 38.5. The highest BCUT2D eigenvalue weighted by Crippen LogP contribution is 2.71. The third-order valence-corrected chi connectivity index (χ3v) is 12.7. The van der Waals surface area contributed by atoms with E-state index >= 15 is 0 Å². The molecular weight excluding hydrogens is 680 g/mol. The zero-order chi connectivity index (χ0) is 34.8. The van der Waals surface area contributed by atoms with Crippen LogP contribution in [0.25, 0.3) is 0 Å². The Morgan fingerprint density at radius 3 is 2.31 bits per heavy atom. The van der Waals surface area contributed by atoms with Crippen LogP contribution in [0.1, 0.15) is 79.1 Å². The second kappa shape index (κ2) is 16.2. The summed E-state index contributed by atoms with van der Waals surface area (Å²) in [7, 11) is 0. The number of carboxylic acids is 1. The van der Waals surface area contributed by atoms with Crippen LogP contribution in [-0.2, 0) is 50.9 Å². The molecule has 0 aromatic rings. The van der Waals surface area contributed by atoms with Gasteiger partial charge in [0.25, 0.3) is 0 Å². The van der Waals surface area contributed by atoms with Gasteiger partial charge in [0, 0.05) is 11.8 Å². The van der Waals surface area contributed by atoms with Crippen molar-refractivity contribution in [3.63, 3.8) is 0 Å². The SMILES string of the molecule is CC(C)CC(=O)OC1C(OC2CC(C(=O)O)C3CCC45CC(CCC4C3(C)C2)C(C)[C@@H]5O)O[C@H](CO)[C@@H](OSOOO)[C@H]1OSOOO. The highest BCUT2D eigenvalue weighted by Gasteiger charge is 2.67. The Morgan fingerprint density at radius 1 is 1.00 bits per heavy atom. The third-order valence-electron chi connectivity index (χ3n) is 11.9. The predicted molar refractivity (Wildman–Crippen MR) is 164 cm³/mol. The van der Waals surface area contributed by atoms with Crippen molar-refractivity contribution in [3.05, 3.63) is 0 Å². The molecule has 276 valence electrons. The first-order valence-electron chi connectivity index (χ1n) is 16.5. The number of hydrogen-bond acceptors (Lipinski definition) is 17. The van der Waals surface area contributed by atoms with Crippen molar-refractivity contribution in [2.24, 2.45) is 46.3 Å². The Bertz CT molecular complexity index is 1100. The smallest absolute Gasteiger partial charge is 0.306 e. The maximum absolute atomic E-state index is 13.1. The molecule has 14 atom stereocenters. The molecule has 5 N–H and O–H groups in total. The van der Waals surface area contributed by atoms with E-state index in [-0.39, 0.29) is 66.6 Å². The van der Waals surface area contributed by atoms with Crippen molar-refractivity contribution < 1.29 is 76.7 Å². The molecule has 1 aliphatic heterocycles. The molecule has 5 aliphatic rings. The van der Waals surface area contributed by atoms with E-state index in [0.29, 0.717) is 18.8 Å². The van der Waals surface area contributed by atoms with Crippen molar-refractivity contribution >= 4 is 36.6 Å². The molecule has 18 heteroatoms. The third kappa shape index (κ3) is 7.53. The Labute approximate surface area is 287 Å². The van der Waals surface area contributed by atoms with E-state index < -0.39 is 72.8 Å². The van der Waals surface area contributed by atoms with Crippen LogP contribution in [0.3, 0.4) is 0 Å². The summed E-state index contributed by atoms with van der Waals surface area (Å²) in [6.07, 6.45) is -2.64. The topological polar surface area (TPSA) is 218 Å². The zero-order valence-corrected chi connectivity index (χ0v) is 29.0. The minimum absolute atomic E-state index is 0.0280. The first-order chi connectivity index (χ1) is 22.9. The molecule has 0 amide bonds. The van der Waals surface area contributed by atoms with Gasteiger partial charge in [0.05, 0.1) is 24.7 Å². The van der Waals surface area contributed by atoms with Crippen molar-refractivity contribution in [1.29, 1.82) is 0 Å². The van der Waals surface area contributed by atoms with Gasteiger partial charge in [0.1, 0.15) is 18.3 Å². The van der Waals surface area contributed by atoms with Crippen LogP contribution >= 0.6 is 24.6 Å². The molecule has 48 heavy (non-hydrogen) atoms. The molecule has 4 aliphatic carbocycles. The molecule has 0 aromatic heterocycles. The van der Waals surface area contributed by atoms with Crippen LogP contribution in [0.5, 0.6) is 0 Å². The van der Waals surface area contributed by atoms with Crippen LogP contribution in [0.2, 0.25) is 0 Å². The van der Waals surface area contributed by atoms with Crippen molar-refractivity contribution in [2.75, 3.05) is 6.61 Å². The lowest BCUT2D eigenvalue weighted by atomic mass is 9.43. The van der Waals surface area contributed by atoms with Gasteiger partial charge >= 0.3 is 11.9 Å². The van der Waals surface area contributed by atoms with E-state index in [4.69, 9.17) is 33.1 Å². The van der Waals surface area contributed by atoms with E-state index in [9.17, 15) is 24.9 Å². The van der Waals surface area contributed by atoms with Crippen LogP contribution in [0.4, 0.5) is 0 Å². The van der Waals surface area contributed by atoms with Gasteiger partial charge in [-0.2, -0.15) is 0 Å². The standard InChI is InChI=1S/C30H48O16S2/c1-14(2)9-22(32)40-25-24(42-48-46-44-37)23(41-47-45-43-36)20(13-31)39-28(25)38-17-10-18(27(34)35)19-7-8-30-11-16(15(3)26(30)33)5-6-21(30)29(19,4)12-17/h14-21,23-26,28,31,33,36-37H,5-13H2,1-4H3,(H,34,35)/t15?,16?,17?,18?,19?,20-,21?,23-,24-,25?,26+,28?,29?,30?/m1/s1. The average molecular weight is 729 g/mol. The summed E-state index contributed by atoms with van der Waals surface area (Å²) in [4.78, 5) is 25.9. The fraction of sp³-hybridized carbons (Fsp3) is 0.933. The van der Waals surface area contributed by atoms with Crippen molar-refractivity contribution in [2.45, 2.75) is 122 Å². The van der Waals surface area contributed by atoms with E-state index in [2.05, 4.69) is 32.6 Å². The second-order valence-corrected chi connectivity index (χ2v) is 15.7. The molecule has 2 bridgehead atoms. The van der Waals surface area contributed by atoms with Crippen molar-refractivity contribution in [1.82, 2.24) is 0 Å². The molecule has 0 radical (unpaired) electrons. The molecule has 1 spiro atoms. The van der Waals surface area contributed by atoms with Crippen LogP contribution < -0.4 is 0 Å². The molecule has 16 nitrogen and oxygen atoms in total. The minimum Gasteiger partial charge on any atom is -0.481 e. The molecule has 10 unspecified atom stereocenters. The lowest BCUT2D eigenvalue weighted by molar-refractivity contribution is -0.436. The van der Waals surface area contributed by atoms with Gasteiger partial charge in [-0.25, -0.2) is 10.5 Å². The predicted octanol–water partition coefficient (Wildman–Crippen LogP) is 4.11. The first-order valence-corrected chi connectivity index (χ1v) is 17.9. The number of carbonyl (C=O) groups is 2. The minimum atomic E-state index is -1.37. The summed E-state index contributed by atoms with van der Waals surface area (Å²) in [5, 5.41) is 56.9. The molecule has 1 saturated heterocycles. The number of esters is 1. The molecule has 5 fully saturated rings. The number of aliphatic hydroxyl groups is 2. The summed E-state index contributed by atoms with van der Waals surface area (Å²) >= 11 is 0.357. The number of fused-ring (bicyclic) bond motifs is 3. The van der Waals surface area contributed by atoms with Gasteiger partial charge in [-0.3, -0.25) is 18.0 Å². The van der Waals surface area contributed by atoms with Gasteiger partial charge in [-0.1, -0.05) is 37.8 Å². The maximum atomic E-state index is 13.1. The molecule has 5 rings (SSSR count). The molecule has 0 aromatic carbocycles. The Hall–Kier alpha value is -0.840. The van der Waals surface area contributed by atoms with Crippen LogP contribution in [-0.4, -0.2) is 87.3 Å². The number of carbonyl (C=O) groups excluding carboxylic acids is 1. The zero-order valence-electron chi connectivity index (χ0n) is 27.4. The lowest BCUT2D eigenvalue weighted by Gasteiger charge is -2.62. The quantitative estimate of drug-likeness (QED) is 0.0400. The van der Waals surface area contributed by atoms with Gasteiger partial charge in [-0.15, -0.1) is 8.67 Å². The second-order valence-electron chi connectivity index (χ2n) is 14.7. The molecule has 1 heterocycles. The molecular formula is C30H48O16S2. The number of rotatable bonds is 15. The average Bonchev–Trinajstić information content (AvgIpc) is 3.21. The molecule has 4 saturated carbocycles. The van der Waals surface area contributed by atoms with Crippen LogP contribution in [0, 0.1) is 46.3 Å². The van der Waals surface area contributed by atoms with Crippen LogP contribution in [0.15, 0.2) is 0 Å². The normalized spacial score (nSPS) is 43.9. The van der Waals surface area contributed by atoms with Gasteiger partial charge < -0.3 is 29.5 Å². The highest BCUT2D eigenvalue weighted by atomic mass is 32.2. The largest absolute Gasteiger partial charge is 0.481 e. The lowest BCUT2D eigenvalue weighted by Crippen LogP contribution is -2.63. The first kappa shape index (κ1) is 38.4. The summed E-state index contributed by atoms with van der Waals surface area (Å²) in [6.45, 7) is 7.29. The Balaban J connectivity index is 1.45. The maximum Gasteiger partial charge on any atom is 0.306 e. The van der Waals surface area contributed by atoms with Gasteiger partial charge in [0.15, 0.2) is 37.0 Å². The van der Waals surface area contributed by atoms with E-state index in [1.807, 2.05) is 13.8 Å². The fourth-order valence-electron chi connectivity index (χ4n) is 10.1. The summed E-state index contributed by atoms with van der Waals surface area (Å²) in [6, 6.07) is 0. The fourth-order valence-corrected chi connectivity index (χ4v) is 10.8. The number of aliphatic carboxylic acids is 1. The highest BCUT2D eigenvalue weighted by molar-refractivity contribution is 7.90. The number of carboxylic acid groups (broad SMARTS) is 1. The monoisotopic (exact) mass is 728 g/mol. The van der Waals surface area contributed by atoms with E-state index in [0.717, 1.165) is 25.7 Å². The summed E-state index contributed by atoms with van der Waals surface area (Å²) in [5.41, 5.74) is -0.749. The van der Waals surface area contributed by atoms with Crippen molar-refractivity contribution in [3.8, 4) is 0 Å². The number of aliphatic hydroxyl groups excluding tert-OH is 2. The van der Waals surface area contributed by atoms with E-state index in [1.54, 1.807) is 0 Å². The number of ether oxygens (including phenoxy) is 3. The van der Waals surface area contributed by atoms with Gasteiger partial charge in [0.2, 0.25) is 0 Å².